The van der Waals surface area contributed by atoms with E-state index in [1.165, 1.54) is 6.07 Å². The Hall–Kier alpha value is -1.35. The van der Waals surface area contributed by atoms with Crippen LogP contribution in [0.2, 0.25) is 0 Å². The molecule has 12 heavy (non-hydrogen) atoms. The minimum Gasteiger partial charge on any atom is -0.507 e. The van der Waals surface area contributed by atoms with E-state index >= 15 is 0 Å². The zero-order valence-electron chi connectivity index (χ0n) is 6.66. The van der Waals surface area contributed by atoms with Crippen LogP contribution in [0.5, 0.6) is 5.75 Å². The molecule has 0 aliphatic carbocycles. The number of aldehydes is 1. The minimum absolute atomic E-state index is 0.0192. The monoisotopic (exact) mass is 165 g/mol. The highest BCUT2D eigenvalue weighted by atomic mass is 16.3. The number of hydrogen-bond donors (Lipinski definition) is 2. The molecule has 0 aliphatic rings. The van der Waals surface area contributed by atoms with Crippen molar-refractivity contribution in [2.45, 2.75) is 6.42 Å². The fourth-order valence-electron chi connectivity index (χ4n) is 1.02. The summed E-state index contributed by atoms with van der Waals surface area (Å²) in [5.41, 5.74) is 6.63. The lowest BCUT2D eigenvalue weighted by molar-refractivity contribution is 0.112. The van der Waals surface area contributed by atoms with Gasteiger partial charge in [0.05, 0.1) is 5.56 Å². The molecule has 64 valence electrons. The van der Waals surface area contributed by atoms with Crippen LogP contribution >= 0.6 is 0 Å². The van der Waals surface area contributed by atoms with E-state index < -0.39 is 0 Å². The molecule has 0 saturated carbocycles. The van der Waals surface area contributed by atoms with Crippen molar-refractivity contribution >= 4 is 6.29 Å². The maximum absolute atomic E-state index is 10.4. The van der Waals surface area contributed by atoms with Gasteiger partial charge in [0.1, 0.15) is 5.75 Å². The fraction of sp³-hybridized carbons (Fsp3) is 0.222. The van der Waals surface area contributed by atoms with E-state index in [4.69, 9.17) is 10.8 Å². The zero-order chi connectivity index (χ0) is 8.97. The first-order chi connectivity index (χ1) is 5.77. The molecule has 0 fully saturated rings. The Morgan fingerprint density at radius 2 is 2.25 bits per heavy atom. The fourth-order valence-corrected chi connectivity index (χ4v) is 1.02. The third kappa shape index (κ3) is 1.83. The lowest BCUT2D eigenvalue weighted by Crippen LogP contribution is -2.02. The summed E-state index contributed by atoms with van der Waals surface area (Å²) in [6, 6.07) is 4.92. The quantitative estimate of drug-likeness (QED) is 0.648. The van der Waals surface area contributed by atoms with Crippen LogP contribution in [0.25, 0.3) is 0 Å². The molecule has 0 saturated heterocycles. The summed E-state index contributed by atoms with van der Waals surface area (Å²) in [4.78, 5) is 10.4. The molecule has 1 rings (SSSR count). The average molecular weight is 165 g/mol. The number of rotatable bonds is 3. The molecule has 0 atom stereocenters. The second-order valence-electron chi connectivity index (χ2n) is 2.55. The molecule has 0 aliphatic heterocycles. The molecule has 3 N–H and O–H groups in total. The molecule has 0 aromatic heterocycles. The van der Waals surface area contributed by atoms with Gasteiger partial charge in [0, 0.05) is 0 Å². The number of nitrogens with two attached hydrogens (primary N) is 1. The molecule has 0 amide bonds. The normalized spacial score (nSPS) is 9.75. The van der Waals surface area contributed by atoms with Crippen LogP contribution in [-0.2, 0) is 6.42 Å². The summed E-state index contributed by atoms with van der Waals surface area (Å²) in [5, 5.41) is 9.14. The Balaban J connectivity index is 2.96. The molecule has 3 nitrogen and oxygen atoms in total. The van der Waals surface area contributed by atoms with Gasteiger partial charge in [-0.15, -0.1) is 0 Å². The molecule has 0 unspecified atom stereocenters. The number of carbonyl (C=O) groups is 1. The topological polar surface area (TPSA) is 63.3 Å². The van der Waals surface area contributed by atoms with E-state index in [9.17, 15) is 4.79 Å². The van der Waals surface area contributed by atoms with E-state index in [1.807, 2.05) is 0 Å². The maximum atomic E-state index is 10.4. The van der Waals surface area contributed by atoms with Crippen LogP contribution in [0.1, 0.15) is 15.9 Å². The molecule has 0 spiro atoms. The minimum atomic E-state index is 0.0192. The summed E-state index contributed by atoms with van der Waals surface area (Å²) in [7, 11) is 0. The lowest BCUT2D eigenvalue weighted by atomic mass is 10.1. The Morgan fingerprint density at radius 1 is 1.50 bits per heavy atom. The largest absolute Gasteiger partial charge is 0.507 e. The van der Waals surface area contributed by atoms with Gasteiger partial charge in [-0.2, -0.15) is 0 Å². The molecular formula is C9H11NO2. The van der Waals surface area contributed by atoms with Gasteiger partial charge in [-0.25, -0.2) is 0 Å². The summed E-state index contributed by atoms with van der Waals surface area (Å²) >= 11 is 0. The van der Waals surface area contributed by atoms with E-state index in [1.54, 1.807) is 12.1 Å². The Kier molecular flexibility index (Phi) is 2.82. The van der Waals surface area contributed by atoms with Gasteiger partial charge in [0.2, 0.25) is 0 Å². The standard InChI is InChI=1S/C9H11NO2/c10-4-3-7-1-2-9(12)8(5-7)6-11/h1-2,5-6,12H,3-4,10H2. The Morgan fingerprint density at radius 3 is 2.83 bits per heavy atom. The predicted molar refractivity (Wildman–Crippen MR) is 46.3 cm³/mol. The van der Waals surface area contributed by atoms with E-state index in [0.29, 0.717) is 18.4 Å². The highest BCUT2D eigenvalue weighted by Crippen LogP contribution is 2.16. The molecular weight excluding hydrogens is 154 g/mol. The molecule has 1 aromatic rings. The lowest BCUT2D eigenvalue weighted by Gasteiger charge is -2.00. The van der Waals surface area contributed by atoms with Crippen molar-refractivity contribution in [2.24, 2.45) is 5.73 Å². The van der Waals surface area contributed by atoms with E-state index in [2.05, 4.69) is 0 Å². The number of hydrogen-bond acceptors (Lipinski definition) is 3. The number of benzene rings is 1. The van der Waals surface area contributed by atoms with Crippen molar-refractivity contribution in [1.82, 2.24) is 0 Å². The first kappa shape index (κ1) is 8.74. The zero-order valence-corrected chi connectivity index (χ0v) is 6.66. The first-order valence-corrected chi connectivity index (χ1v) is 3.75. The second kappa shape index (κ2) is 3.88. The number of carbonyl (C=O) groups excluding carboxylic acids is 1. The molecule has 0 heterocycles. The second-order valence-corrected chi connectivity index (χ2v) is 2.55. The summed E-state index contributed by atoms with van der Waals surface area (Å²) in [6.07, 6.45) is 1.36. The average Bonchev–Trinajstić information content (AvgIpc) is 2.09. The first-order valence-electron chi connectivity index (χ1n) is 3.75. The number of phenolic OH excluding ortho intramolecular Hbond substituents is 1. The van der Waals surface area contributed by atoms with Gasteiger partial charge in [0.15, 0.2) is 6.29 Å². The van der Waals surface area contributed by atoms with Crippen molar-refractivity contribution in [3.63, 3.8) is 0 Å². The number of phenols is 1. The summed E-state index contributed by atoms with van der Waals surface area (Å²) in [6.45, 7) is 0.545. The van der Waals surface area contributed by atoms with Crippen molar-refractivity contribution in [1.29, 1.82) is 0 Å². The Bertz CT molecular complexity index is 284. The maximum Gasteiger partial charge on any atom is 0.153 e. The van der Waals surface area contributed by atoms with Gasteiger partial charge < -0.3 is 10.8 Å². The predicted octanol–water partition coefficient (Wildman–Crippen LogP) is 0.706. The number of aromatic hydroxyl groups is 1. The van der Waals surface area contributed by atoms with Crippen molar-refractivity contribution < 1.29 is 9.90 Å². The molecule has 0 radical (unpaired) electrons. The van der Waals surface area contributed by atoms with Gasteiger partial charge in [-0.3, -0.25) is 4.79 Å². The van der Waals surface area contributed by atoms with E-state index in [0.717, 1.165) is 12.0 Å². The molecule has 0 bridgehead atoms. The van der Waals surface area contributed by atoms with Crippen LogP contribution in [0.3, 0.4) is 0 Å². The van der Waals surface area contributed by atoms with Crippen molar-refractivity contribution in [3.05, 3.63) is 29.3 Å². The van der Waals surface area contributed by atoms with Crippen LogP contribution in [0, 0.1) is 0 Å². The van der Waals surface area contributed by atoms with Crippen LogP contribution in [-0.4, -0.2) is 17.9 Å². The Labute approximate surface area is 70.8 Å². The van der Waals surface area contributed by atoms with Gasteiger partial charge in [-0.05, 0) is 30.7 Å². The highest BCUT2D eigenvalue weighted by Gasteiger charge is 2.00. The third-order valence-electron chi connectivity index (χ3n) is 1.65. The van der Waals surface area contributed by atoms with E-state index in [-0.39, 0.29) is 5.75 Å². The van der Waals surface area contributed by atoms with Crippen LogP contribution in [0.4, 0.5) is 0 Å². The molecule has 1 aromatic carbocycles. The summed E-state index contributed by atoms with van der Waals surface area (Å²) < 4.78 is 0. The van der Waals surface area contributed by atoms with Gasteiger partial charge >= 0.3 is 0 Å². The SMILES string of the molecule is NCCc1ccc(O)c(C=O)c1. The molecule has 3 heteroatoms. The van der Waals surface area contributed by atoms with Crippen LogP contribution < -0.4 is 5.73 Å². The van der Waals surface area contributed by atoms with Crippen LogP contribution in [0.15, 0.2) is 18.2 Å². The highest BCUT2D eigenvalue weighted by molar-refractivity contribution is 5.79. The summed E-state index contributed by atoms with van der Waals surface area (Å²) in [5.74, 6) is 0.0192. The van der Waals surface area contributed by atoms with Crippen molar-refractivity contribution in [3.8, 4) is 5.75 Å². The van der Waals surface area contributed by atoms with Gasteiger partial charge in [0.25, 0.3) is 0 Å². The van der Waals surface area contributed by atoms with Crippen molar-refractivity contribution in [2.75, 3.05) is 6.54 Å². The smallest absolute Gasteiger partial charge is 0.153 e. The third-order valence-corrected chi connectivity index (χ3v) is 1.65. The van der Waals surface area contributed by atoms with Gasteiger partial charge in [-0.1, -0.05) is 6.07 Å².